The standard InChI is InChI=1S/C14H18BrN/c1-4-5-6-7-14(16-3)12-9-8-11(2)13(15)10-12/h1,8-10,14,16H,5-7H2,2-3H3. The summed E-state index contributed by atoms with van der Waals surface area (Å²) in [6.07, 6.45) is 8.26. The summed E-state index contributed by atoms with van der Waals surface area (Å²) in [6.45, 7) is 2.10. The first-order valence-corrected chi connectivity index (χ1v) is 6.35. The van der Waals surface area contributed by atoms with Crippen LogP contribution in [0.25, 0.3) is 0 Å². The number of aryl methyl sites for hydroxylation is 1. The fourth-order valence-electron chi connectivity index (χ4n) is 1.71. The van der Waals surface area contributed by atoms with E-state index < -0.39 is 0 Å². The molecule has 0 amide bonds. The van der Waals surface area contributed by atoms with E-state index >= 15 is 0 Å². The number of hydrogen-bond donors (Lipinski definition) is 1. The van der Waals surface area contributed by atoms with Crippen LogP contribution in [-0.4, -0.2) is 7.05 Å². The van der Waals surface area contributed by atoms with E-state index in [0.717, 1.165) is 19.3 Å². The van der Waals surface area contributed by atoms with Crippen molar-refractivity contribution >= 4 is 15.9 Å². The summed E-state index contributed by atoms with van der Waals surface area (Å²) in [5.41, 5.74) is 2.58. The smallest absolute Gasteiger partial charge is 0.0318 e. The molecule has 0 aliphatic rings. The molecule has 1 nitrogen and oxygen atoms in total. The van der Waals surface area contributed by atoms with Gasteiger partial charge in [-0.25, -0.2) is 0 Å². The molecule has 0 aliphatic carbocycles. The van der Waals surface area contributed by atoms with Gasteiger partial charge in [0.2, 0.25) is 0 Å². The van der Waals surface area contributed by atoms with E-state index in [-0.39, 0.29) is 0 Å². The van der Waals surface area contributed by atoms with Crippen LogP contribution in [-0.2, 0) is 0 Å². The van der Waals surface area contributed by atoms with Gasteiger partial charge in [0.15, 0.2) is 0 Å². The van der Waals surface area contributed by atoms with Crippen LogP contribution < -0.4 is 5.32 Å². The van der Waals surface area contributed by atoms with Crippen molar-refractivity contribution in [2.75, 3.05) is 7.05 Å². The number of halogens is 1. The molecule has 0 saturated heterocycles. The largest absolute Gasteiger partial charge is 0.313 e. The van der Waals surface area contributed by atoms with Crippen molar-refractivity contribution in [3.8, 4) is 12.3 Å². The van der Waals surface area contributed by atoms with Crippen LogP contribution in [0.2, 0.25) is 0 Å². The number of nitrogens with one attached hydrogen (secondary N) is 1. The van der Waals surface area contributed by atoms with Crippen LogP contribution >= 0.6 is 15.9 Å². The van der Waals surface area contributed by atoms with Crippen LogP contribution in [0.1, 0.15) is 36.4 Å². The van der Waals surface area contributed by atoms with Gasteiger partial charge >= 0.3 is 0 Å². The van der Waals surface area contributed by atoms with Crippen LogP contribution in [0.5, 0.6) is 0 Å². The minimum atomic E-state index is 0.394. The highest BCUT2D eigenvalue weighted by atomic mass is 79.9. The second-order valence-corrected chi connectivity index (χ2v) is 4.80. The molecule has 1 atom stereocenters. The average molecular weight is 280 g/mol. The predicted molar refractivity (Wildman–Crippen MR) is 73.4 cm³/mol. The van der Waals surface area contributed by atoms with Gasteiger partial charge < -0.3 is 5.32 Å². The number of hydrogen-bond acceptors (Lipinski definition) is 1. The summed E-state index contributed by atoms with van der Waals surface area (Å²) in [7, 11) is 1.99. The van der Waals surface area contributed by atoms with Crippen LogP contribution in [0.4, 0.5) is 0 Å². The molecule has 0 heterocycles. The van der Waals surface area contributed by atoms with Gasteiger partial charge in [0, 0.05) is 16.9 Å². The average Bonchev–Trinajstić information content (AvgIpc) is 2.29. The maximum atomic E-state index is 5.26. The molecular formula is C14H18BrN. The molecule has 0 spiro atoms. The lowest BCUT2D eigenvalue weighted by Gasteiger charge is -2.17. The molecule has 1 aromatic rings. The first-order valence-electron chi connectivity index (χ1n) is 5.55. The molecule has 0 fully saturated rings. The van der Waals surface area contributed by atoms with Crippen LogP contribution in [0.15, 0.2) is 22.7 Å². The molecule has 0 aliphatic heterocycles. The second-order valence-electron chi connectivity index (χ2n) is 3.95. The number of benzene rings is 1. The van der Waals surface area contributed by atoms with Gasteiger partial charge in [-0.3, -0.25) is 0 Å². The highest BCUT2D eigenvalue weighted by Crippen LogP contribution is 2.24. The van der Waals surface area contributed by atoms with Crippen molar-refractivity contribution in [1.29, 1.82) is 0 Å². The van der Waals surface area contributed by atoms with Gasteiger partial charge in [-0.1, -0.05) is 28.1 Å². The summed E-state index contributed by atoms with van der Waals surface area (Å²) in [4.78, 5) is 0. The van der Waals surface area contributed by atoms with Crippen molar-refractivity contribution in [3.63, 3.8) is 0 Å². The first kappa shape index (κ1) is 13.3. The zero-order valence-corrected chi connectivity index (χ0v) is 11.5. The fourth-order valence-corrected chi connectivity index (χ4v) is 2.11. The third kappa shape index (κ3) is 3.66. The molecule has 1 unspecified atom stereocenters. The Balaban J connectivity index is 2.71. The van der Waals surface area contributed by atoms with Gasteiger partial charge in [0.25, 0.3) is 0 Å². The van der Waals surface area contributed by atoms with E-state index in [1.165, 1.54) is 15.6 Å². The highest BCUT2D eigenvalue weighted by molar-refractivity contribution is 9.10. The minimum absolute atomic E-state index is 0.394. The van der Waals surface area contributed by atoms with E-state index in [2.05, 4.69) is 52.3 Å². The van der Waals surface area contributed by atoms with Crippen molar-refractivity contribution in [1.82, 2.24) is 5.32 Å². The Hall–Kier alpha value is -0.780. The van der Waals surface area contributed by atoms with Crippen molar-refractivity contribution in [2.24, 2.45) is 0 Å². The van der Waals surface area contributed by atoms with E-state index in [1.54, 1.807) is 0 Å². The van der Waals surface area contributed by atoms with Gasteiger partial charge in [0.1, 0.15) is 0 Å². The molecule has 1 rings (SSSR count). The second kappa shape index (κ2) is 6.73. The van der Waals surface area contributed by atoms with Gasteiger partial charge in [-0.05, 0) is 44.0 Å². The molecule has 1 aromatic carbocycles. The van der Waals surface area contributed by atoms with Gasteiger partial charge in [-0.2, -0.15) is 0 Å². The molecule has 86 valence electrons. The Kier molecular flexibility index (Phi) is 5.59. The van der Waals surface area contributed by atoms with E-state index in [9.17, 15) is 0 Å². The van der Waals surface area contributed by atoms with E-state index in [1.807, 2.05) is 7.05 Å². The van der Waals surface area contributed by atoms with Crippen molar-refractivity contribution in [2.45, 2.75) is 32.2 Å². The normalized spacial score (nSPS) is 12.1. The maximum absolute atomic E-state index is 5.26. The molecule has 16 heavy (non-hydrogen) atoms. The molecule has 0 radical (unpaired) electrons. The van der Waals surface area contributed by atoms with Gasteiger partial charge in [0.05, 0.1) is 0 Å². The predicted octanol–water partition coefficient (Wildman–Crippen LogP) is 3.82. The fraction of sp³-hybridized carbons (Fsp3) is 0.429. The lowest BCUT2D eigenvalue weighted by Crippen LogP contribution is -2.16. The highest BCUT2D eigenvalue weighted by Gasteiger charge is 2.09. The third-order valence-corrected chi connectivity index (χ3v) is 3.61. The Morgan fingerprint density at radius 1 is 1.50 bits per heavy atom. The quantitative estimate of drug-likeness (QED) is 0.638. The van der Waals surface area contributed by atoms with E-state index in [0.29, 0.717) is 6.04 Å². The number of unbranched alkanes of at least 4 members (excludes halogenated alkanes) is 1. The van der Waals surface area contributed by atoms with Crippen molar-refractivity contribution < 1.29 is 0 Å². The Bertz CT molecular complexity index is 379. The first-order chi connectivity index (χ1) is 7.69. The monoisotopic (exact) mass is 279 g/mol. The maximum Gasteiger partial charge on any atom is 0.0318 e. The third-order valence-electron chi connectivity index (χ3n) is 2.76. The Morgan fingerprint density at radius 2 is 2.25 bits per heavy atom. The van der Waals surface area contributed by atoms with E-state index in [4.69, 9.17) is 6.42 Å². The Labute approximate surface area is 107 Å². The zero-order chi connectivity index (χ0) is 12.0. The van der Waals surface area contributed by atoms with Crippen LogP contribution in [0.3, 0.4) is 0 Å². The molecular weight excluding hydrogens is 262 g/mol. The SMILES string of the molecule is C#CCCCC(NC)c1ccc(C)c(Br)c1. The number of rotatable bonds is 5. The molecule has 1 N–H and O–H groups in total. The summed E-state index contributed by atoms with van der Waals surface area (Å²) in [5.74, 6) is 2.68. The lowest BCUT2D eigenvalue weighted by molar-refractivity contribution is 0.532. The summed E-state index contributed by atoms with van der Waals surface area (Å²) >= 11 is 3.57. The summed E-state index contributed by atoms with van der Waals surface area (Å²) < 4.78 is 1.17. The zero-order valence-electron chi connectivity index (χ0n) is 9.89. The van der Waals surface area contributed by atoms with Crippen LogP contribution in [0, 0.1) is 19.3 Å². The molecule has 0 saturated carbocycles. The Morgan fingerprint density at radius 3 is 2.81 bits per heavy atom. The molecule has 0 bridgehead atoms. The topological polar surface area (TPSA) is 12.0 Å². The van der Waals surface area contributed by atoms with Crippen molar-refractivity contribution in [3.05, 3.63) is 33.8 Å². The number of terminal acetylenes is 1. The van der Waals surface area contributed by atoms with Gasteiger partial charge in [-0.15, -0.1) is 12.3 Å². The summed E-state index contributed by atoms with van der Waals surface area (Å²) in [5, 5.41) is 3.33. The minimum Gasteiger partial charge on any atom is -0.313 e. The molecule has 2 heteroatoms. The lowest BCUT2D eigenvalue weighted by atomic mass is 10.0. The molecule has 0 aromatic heterocycles. The summed E-state index contributed by atoms with van der Waals surface area (Å²) in [6, 6.07) is 6.90.